The molecule has 1 aromatic carbocycles. The maximum atomic E-state index is 8.76. The Labute approximate surface area is 105 Å². The van der Waals surface area contributed by atoms with Gasteiger partial charge >= 0.3 is 0 Å². The minimum Gasteiger partial charge on any atom is -0.474 e. The Balaban J connectivity index is 2.60. The molecule has 0 bridgehead atoms. The van der Waals surface area contributed by atoms with Crippen LogP contribution in [-0.2, 0) is 0 Å². The molecule has 1 atom stereocenters. The van der Waals surface area contributed by atoms with Gasteiger partial charge in [0.05, 0.1) is 5.02 Å². The van der Waals surface area contributed by atoms with Gasteiger partial charge in [0.15, 0.2) is 6.10 Å². The first-order valence-electron chi connectivity index (χ1n) is 5.24. The van der Waals surface area contributed by atoms with Gasteiger partial charge in [0.2, 0.25) is 0 Å². The standard InChI is InChI=1S/C13H11ClN2O/c1-8-3-4-10-11(14)5-6-12(13(10)16-8)17-9(2)7-15/h3-6,9H,1-2H3. The fourth-order valence-corrected chi connectivity index (χ4v) is 1.78. The van der Waals surface area contributed by atoms with Gasteiger partial charge in [-0.3, -0.25) is 0 Å². The predicted octanol–water partition coefficient (Wildman–Crippen LogP) is 3.49. The molecule has 0 saturated heterocycles. The molecule has 2 rings (SSSR count). The van der Waals surface area contributed by atoms with Crippen LogP contribution in [-0.4, -0.2) is 11.1 Å². The van der Waals surface area contributed by atoms with Crippen LogP contribution in [0.4, 0.5) is 0 Å². The van der Waals surface area contributed by atoms with Crippen LogP contribution in [0.15, 0.2) is 24.3 Å². The summed E-state index contributed by atoms with van der Waals surface area (Å²) in [5.74, 6) is 0.585. The Bertz CT molecular complexity index is 604. The quantitative estimate of drug-likeness (QED) is 0.815. The van der Waals surface area contributed by atoms with Crippen molar-refractivity contribution in [2.75, 3.05) is 0 Å². The van der Waals surface area contributed by atoms with Gasteiger partial charge in [-0.1, -0.05) is 11.6 Å². The first kappa shape index (κ1) is 11.7. The van der Waals surface area contributed by atoms with E-state index in [0.29, 0.717) is 16.3 Å². The van der Waals surface area contributed by atoms with E-state index in [9.17, 15) is 0 Å². The molecule has 0 radical (unpaired) electrons. The molecule has 0 aliphatic heterocycles. The van der Waals surface area contributed by atoms with Crippen molar-refractivity contribution in [3.05, 3.63) is 35.0 Å². The maximum Gasteiger partial charge on any atom is 0.181 e. The van der Waals surface area contributed by atoms with Gasteiger partial charge in [-0.15, -0.1) is 0 Å². The van der Waals surface area contributed by atoms with E-state index in [1.165, 1.54) is 0 Å². The number of hydrogen-bond acceptors (Lipinski definition) is 3. The third-order valence-corrected chi connectivity index (χ3v) is 2.72. The molecule has 17 heavy (non-hydrogen) atoms. The summed E-state index contributed by atoms with van der Waals surface area (Å²) < 4.78 is 5.50. The average Bonchev–Trinajstić information content (AvgIpc) is 2.32. The van der Waals surface area contributed by atoms with Crippen molar-refractivity contribution in [2.45, 2.75) is 20.0 Å². The van der Waals surface area contributed by atoms with Crippen LogP contribution in [0.5, 0.6) is 5.75 Å². The SMILES string of the molecule is Cc1ccc2c(Cl)ccc(OC(C)C#N)c2n1. The Hall–Kier alpha value is -1.79. The highest BCUT2D eigenvalue weighted by Gasteiger charge is 2.10. The third-order valence-electron chi connectivity index (χ3n) is 2.39. The second-order valence-corrected chi connectivity index (χ2v) is 4.19. The molecule has 0 N–H and O–H groups in total. The fourth-order valence-electron chi connectivity index (χ4n) is 1.57. The lowest BCUT2D eigenvalue weighted by Gasteiger charge is -2.11. The van der Waals surface area contributed by atoms with Crippen molar-refractivity contribution in [3.8, 4) is 11.8 Å². The van der Waals surface area contributed by atoms with Gasteiger partial charge in [-0.2, -0.15) is 5.26 Å². The molecule has 0 spiro atoms. The average molecular weight is 247 g/mol. The summed E-state index contributed by atoms with van der Waals surface area (Å²) in [6.45, 7) is 3.59. The van der Waals surface area contributed by atoms with E-state index < -0.39 is 6.10 Å². The first-order chi connectivity index (χ1) is 8.11. The zero-order valence-corrected chi connectivity index (χ0v) is 10.3. The maximum absolute atomic E-state index is 8.76. The molecule has 0 amide bonds. The van der Waals surface area contributed by atoms with Gasteiger partial charge in [0.1, 0.15) is 17.3 Å². The Kier molecular flexibility index (Phi) is 3.16. The van der Waals surface area contributed by atoms with Crippen molar-refractivity contribution in [1.82, 2.24) is 4.98 Å². The summed E-state index contributed by atoms with van der Waals surface area (Å²) in [5, 5.41) is 10.2. The summed E-state index contributed by atoms with van der Waals surface area (Å²) >= 11 is 6.09. The smallest absolute Gasteiger partial charge is 0.181 e. The van der Waals surface area contributed by atoms with Crippen LogP contribution >= 0.6 is 11.6 Å². The van der Waals surface area contributed by atoms with E-state index in [-0.39, 0.29) is 0 Å². The van der Waals surface area contributed by atoms with Gasteiger partial charge in [-0.05, 0) is 38.1 Å². The molecule has 0 fully saturated rings. The summed E-state index contributed by atoms with van der Waals surface area (Å²) in [6, 6.07) is 9.32. The number of aryl methyl sites for hydroxylation is 1. The fraction of sp³-hybridized carbons (Fsp3) is 0.231. The molecule has 2 aromatic rings. The van der Waals surface area contributed by atoms with Crippen molar-refractivity contribution in [1.29, 1.82) is 5.26 Å². The minimum absolute atomic E-state index is 0.512. The summed E-state index contributed by atoms with van der Waals surface area (Å²) in [6.07, 6.45) is -0.512. The molecule has 1 unspecified atom stereocenters. The molecule has 86 valence electrons. The van der Waals surface area contributed by atoms with Crippen LogP contribution in [0.2, 0.25) is 5.02 Å². The van der Waals surface area contributed by atoms with Gasteiger partial charge in [0.25, 0.3) is 0 Å². The highest BCUT2D eigenvalue weighted by atomic mass is 35.5. The molecule has 0 saturated carbocycles. The second-order valence-electron chi connectivity index (χ2n) is 3.78. The number of nitrogens with zero attached hydrogens (tertiary/aromatic N) is 2. The zero-order chi connectivity index (χ0) is 12.4. The predicted molar refractivity (Wildman–Crippen MR) is 67.2 cm³/mol. The van der Waals surface area contributed by atoms with Crippen LogP contribution in [0.1, 0.15) is 12.6 Å². The molecule has 0 aliphatic rings. The van der Waals surface area contributed by atoms with E-state index in [1.54, 1.807) is 19.1 Å². The highest BCUT2D eigenvalue weighted by Crippen LogP contribution is 2.30. The summed E-state index contributed by atoms with van der Waals surface area (Å²) in [7, 11) is 0. The number of benzene rings is 1. The molecule has 1 heterocycles. The number of pyridine rings is 1. The lowest BCUT2D eigenvalue weighted by atomic mass is 10.2. The normalized spacial score (nSPS) is 12.1. The van der Waals surface area contributed by atoms with Gasteiger partial charge in [-0.25, -0.2) is 4.98 Å². The molecule has 3 nitrogen and oxygen atoms in total. The van der Waals surface area contributed by atoms with Gasteiger partial charge < -0.3 is 4.74 Å². The number of halogens is 1. The second kappa shape index (κ2) is 4.60. The van der Waals surface area contributed by atoms with Crippen LogP contribution < -0.4 is 4.74 Å². The number of fused-ring (bicyclic) bond motifs is 1. The van der Waals surface area contributed by atoms with E-state index in [2.05, 4.69) is 4.98 Å². The largest absolute Gasteiger partial charge is 0.474 e. The molecule has 4 heteroatoms. The van der Waals surface area contributed by atoms with E-state index in [0.717, 1.165) is 11.1 Å². The van der Waals surface area contributed by atoms with E-state index >= 15 is 0 Å². The lowest BCUT2D eigenvalue weighted by molar-refractivity contribution is 0.279. The molecular weight excluding hydrogens is 236 g/mol. The number of ether oxygens (including phenoxy) is 1. The lowest BCUT2D eigenvalue weighted by Crippen LogP contribution is -2.08. The zero-order valence-electron chi connectivity index (χ0n) is 9.57. The molecule has 0 aliphatic carbocycles. The summed E-state index contributed by atoms with van der Waals surface area (Å²) in [5.41, 5.74) is 1.58. The van der Waals surface area contributed by atoms with E-state index in [4.69, 9.17) is 21.6 Å². The van der Waals surface area contributed by atoms with Crippen LogP contribution in [0, 0.1) is 18.3 Å². The number of aromatic nitrogens is 1. The van der Waals surface area contributed by atoms with Crippen molar-refractivity contribution >= 4 is 22.5 Å². The first-order valence-corrected chi connectivity index (χ1v) is 5.61. The Morgan fingerprint density at radius 1 is 1.35 bits per heavy atom. The minimum atomic E-state index is -0.512. The third kappa shape index (κ3) is 2.32. The molecular formula is C13H11ClN2O. The topological polar surface area (TPSA) is 45.9 Å². The Morgan fingerprint density at radius 2 is 2.12 bits per heavy atom. The van der Waals surface area contributed by atoms with Gasteiger partial charge in [0, 0.05) is 11.1 Å². The summed E-state index contributed by atoms with van der Waals surface area (Å²) in [4.78, 5) is 4.40. The van der Waals surface area contributed by atoms with Crippen molar-refractivity contribution in [3.63, 3.8) is 0 Å². The van der Waals surface area contributed by atoms with Crippen molar-refractivity contribution in [2.24, 2.45) is 0 Å². The van der Waals surface area contributed by atoms with E-state index in [1.807, 2.05) is 25.1 Å². The monoisotopic (exact) mass is 246 g/mol. The van der Waals surface area contributed by atoms with Crippen LogP contribution in [0.25, 0.3) is 10.9 Å². The Morgan fingerprint density at radius 3 is 2.82 bits per heavy atom. The van der Waals surface area contributed by atoms with Crippen LogP contribution in [0.3, 0.4) is 0 Å². The number of hydrogen-bond donors (Lipinski definition) is 0. The van der Waals surface area contributed by atoms with Crippen molar-refractivity contribution < 1.29 is 4.74 Å². The number of nitriles is 1. The highest BCUT2D eigenvalue weighted by molar-refractivity contribution is 6.35. The molecule has 1 aromatic heterocycles. The number of rotatable bonds is 2.